The summed E-state index contributed by atoms with van der Waals surface area (Å²) in [6.07, 6.45) is 0. The average Bonchev–Trinajstić information content (AvgIpc) is 2.47. The van der Waals surface area contributed by atoms with Crippen LogP contribution in [-0.4, -0.2) is 17.0 Å². The predicted molar refractivity (Wildman–Crippen MR) is 83.4 cm³/mol. The molecule has 0 heterocycles. The van der Waals surface area contributed by atoms with E-state index in [1.165, 1.54) is 6.07 Å². The summed E-state index contributed by atoms with van der Waals surface area (Å²) in [5, 5.41) is 11.7. The molecule has 108 valence electrons. The summed E-state index contributed by atoms with van der Waals surface area (Å²) in [6, 6.07) is 11.4. The van der Waals surface area contributed by atoms with Gasteiger partial charge in [-0.05, 0) is 35.9 Å². The van der Waals surface area contributed by atoms with Crippen LogP contribution in [0.1, 0.15) is 26.3 Å². The van der Waals surface area contributed by atoms with E-state index in [9.17, 15) is 9.59 Å². The van der Waals surface area contributed by atoms with Gasteiger partial charge in [0, 0.05) is 16.6 Å². The highest BCUT2D eigenvalue weighted by atomic mass is 79.9. The van der Waals surface area contributed by atoms with Gasteiger partial charge < -0.3 is 16.2 Å². The van der Waals surface area contributed by atoms with Crippen molar-refractivity contribution >= 4 is 33.5 Å². The van der Waals surface area contributed by atoms with Crippen LogP contribution in [0.3, 0.4) is 0 Å². The van der Waals surface area contributed by atoms with Crippen LogP contribution in [0.15, 0.2) is 46.9 Å². The number of amides is 1. The van der Waals surface area contributed by atoms with Crippen LogP contribution in [0.5, 0.6) is 0 Å². The third kappa shape index (κ3) is 3.68. The van der Waals surface area contributed by atoms with Gasteiger partial charge in [0.1, 0.15) is 0 Å². The number of benzene rings is 2. The van der Waals surface area contributed by atoms with Gasteiger partial charge in [0.2, 0.25) is 0 Å². The van der Waals surface area contributed by atoms with E-state index in [-0.39, 0.29) is 17.2 Å². The molecule has 0 aromatic heterocycles. The number of hydrogen-bond acceptors (Lipinski definition) is 3. The van der Waals surface area contributed by atoms with E-state index < -0.39 is 5.97 Å². The Balaban J connectivity index is 2.26. The molecule has 2 rings (SSSR count). The highest BCUT2D eigenvalue weighted by Gasteiger charge is 2.14. The first-order valence-electron chi connectivity index (χ1n) is 6.14. The molecule has 0 atom stereocenters. The molecule has 0 saturated carbocycles. The van der Waals surface area contributed by atoms with E-state index in [4.69, 9.17) is 10.8 Å². The maximum absolute atomic E-state index is 12.1. The Morgan fingerprint density at radius 3 is 2.38 bits per heavy atom. The second kappa shape index (κ2) is 6.51. The average molecular weight is 349 g/mol. The summed E-state index contributed by atoms with van der Waals surface area (Å²) in [5.74, 6) is -1.48. The quantitative estimate of drug-likeness (QED) is 0.791. The lowest BCUT2D eigenvalue weighted by Crippen LogP contribution is -2.15. The van der Waals surface area contributed by atoms with Crippen molar-refractivity contribution in [2.75, 3.05) is 5.32 Å². The first-order valence-corrected chi connectivity index (χ1v) is 6.94. The Bertz CT molecular complexity index is 684. The molecule has 6 heteroatoms. The van der Waals surface area contributed by atoms with E-state index in [0.717, 1.165) is 5.56 Å². The fourth-order valence-corrected chi connectivity index (χ4v) is 2.15. The van der Waals surface area contributed by atoms with Crippen LogP contribution in [0, 0.1) is 0 Å². The summed E-state index contributed by atoms with van der Waals surface area (Å²) in [7, 11) is 0. The van der Waals surface area contributed by atoms with Crippen LogP contribution in [0.25, 0.3) is 0 Å². The zero-order chi connectivity index (χ0) is 15.4. The minimum Gasteiger partial charge on any atom is -0.478 e. The molecule has 0 fully saturated rings. The second-order valence-electron chi connectivity index (χ2n) is 4.35. The summed E-state index contributed by atoms with van der Waals surface area (Å²) >= 11 is 3.25. The molecule has 1 amide bonds. The van der Waals surface area contributed by atoms with Gasteiger partial charge in [-0.2, -0.15) is 0 Å². The summed E-state index contributed by atoms with van der Waals surface area (Å²) in [6.45, 7) is 0.399. The molecule has 2 aromatic carbocycles. The van der Waals surface area contributed by atoms with E-state index in [1.807, 2.05) is 0 Å². The van der Waals surface area contributed by atoms with Crippen molar-refractivity contribution in [2.24, 2.45) is 5.73 Å². The molecule has 4 N–H and O–H groups in total. The largest absolute Gasteiger partial charge is 0.478 e. The monoisotopic (exact) mass is 348 g/mol. The Kier molecular flexibility index (Phi) is 4.72. The molecular formula is C15H13BrN2O3. The molecule has 21 heavy (non-hydrogen) atoms. The van der Waals surface area contributed by atoms with Crippen LogP contribution in [0.4, 0.5) is 5.69 Å². The maximum atomic E-state index is 12.1. The number of nitrogens with one attached hydrogen (secondary N) is 1. The highest BCUT2D eigenvalue weighted by Crippen LogP contribution is 2.22. The number of rotatable bonds is 4. The number of aromatic carboxylic acids is 1. The smallest absolute Gasteiger partial charge is 0.337 e. The van der Waals surface area contributed by atoms with Gasteiger partial charge in [0.15, 0.2) is 0 Å². The number of carbonyl (C=O) groups is 2. The summed E-state index contributed by atoms with van der Waals surface area (Å²) in [5.41, 5.74) is 7.12. The maximum Gasteiger partial charge on any atom is 0.337 e. The molecule has 0 saturated heterocycles. The zero-order valence-corrected chi connectivity index (χ0v) is 12.6. The van der Waals surface area contributed by atoms with Crippen LogP contribution in [0.2, 0.25) is 0 Å². The lowest BCUT2D eigenvalue weighted by atomic mass is 10.1. The Morgan fingerprint density at radius 2 is 1.81 bits per heavy atom. The van der Waals surface area contributed by atoms with Gasteiger partial charge in [-0.25, -0.2) is 4.79 Å². The van der Waals surface area contributed by atoms with Crippen molar-refractivity contribution in [3.63, 3.8) is 0 Å². The number of carboxylic acids is 1. The van der Waals surface area contributed by atoms with E-state index >= 15 is 0 Å². The van der Waals surface area contributed by atoms with Crippen LogP contribution < -0.4 is 11.1 Å². The third-order valence-electron chi connectivity index (χ3n) is 2.91. The van der Waals surface area contributed by atoms with Crippen molar-refractivity contribution in [1.82, 2.24) is 0 Å². The topological polar surface area (TPSA) is 92.4 Å². The number of hydrogen-bond donors (Lipinski definition) is 3. The van der Waals surface area contributed by atoms with Crippen molar-refractivity contribution in [1.29, 1.82) is 0 Å². The molecule has 2 aromatic rings. The normalized spacial score (nSPS) is 10.2. The van der Waals surface area contributed by atoms with E-state index in [1.54, 1.807) is 36.4 Å². The van der Waals surface area contributed by atoms with Crippen LogP contribution >= 0.6 is 15.9 Å². The minimum atomic E-state index is -1.10. The second-order valence-corrected chi connectivity index (χ2v) is 5.27. The predicted octanol–water partition coefficient (Wildman–Crippen LogP) is 2.86. The van der Waals surface area contributed by atoms with Crippen molar-refractivity contribution in [3.8, 4) is 0 Å². The first-order chi connectivity index (χ1) is 10.0. The van der Waals surface area contributed by atoms with E-state index in [2.05, 4.69) is 21.2 Å². The van der Waals surface area contributed by atoms with Gasteiger partial charge >= 0.3 is 5.97 Å². The lowest BCUT2D eigenvalue weighted by molar-refractivity contribution is 0.0698. The Morgan fingerprint density at radius 1 is 1.14 bits per heavy atom. The van der Waals surface area contributed by atoms with Crippen molar-refractivity contribution in [2.45, 2.75) is 6.54 Å². The fraction of sp³-hybridized carbons (Fsp3) is 0.0667. The van der Waals surface area contributed by atoms with Crippen molar-refractivity contribution < 1.29 is 14.7 Å². The highest BCUT2D eigenvalue weighted by molar-refractivity contribution is 9.10. The molecule has 0 aliphatic rings. The van der Waals surface area contributed by atoms with Crippen molar-refractivity contribution in [3.05, 3.63) is 63.6 Å². The molecule has 0 bridgehead atoms. The molecule has 0 aliphatic carbocycles. The SMILES string of the molecule is NCc1ccc(C(=O)Nc2cc(Br)ccc2C(=O)O)cc1. The zero-order valence-electron chi connectivity index (χ0n) is 11.0. The molecule has 0 unspecified atom stereocenters. The lowest BCUT2D eigenvalue weighted by Gasteiger charge is -2.09. The van der Waals surface area contributed by atoms with Gasteiger partial charge in [-0.15, -0.1) is 0 Å². The third-order valence-corrected chi connectivity index (χ3v) is 3.41. The van der Waals surface area contributed by atoms with Gasteiger partial charge in [0.05, 0.1) is 11.3 Å². The number of carbonyl (C=O) groups excluding carboxylic acids is 1. The van der Waals surface area contributed by atoms with Gasteiger partial charge in [-0.3, -0.25) is 4.79 Å². The molecule has 0 spiro atoms. The molecule has 5 nitrogen and oxygen atoms in total. The van der Waals surface area contributed by atoms with Gasteiger partial charge in [0.25, 0.3) is 5.91 Å². The Labute approximate surface area is 129 Å². The molecular weight excluding hydrogens is 336 g/mol. The number of carboxylic acid groups (broad SMARTS) is 1. The van der Waals surface area contributed by atoms with E-state index in [0.29, 0.717) is 16.6 Å². The molecule has 0 radical (unpaired) electrons. The standard InChI is InChI=1S/C15H13BrN2O3/c16-11-5-6-12(15(20)21)13(7-11)18-14(19)10-3-1-9(8-17)2-4-10/h1-7H,8,17H2,(H,18,19)(H,20,21). The van der Waals surface area contributed by atoms with Gasteiger partial charge in [-0.1, -0.05) is 28.1 Å². The number of halogens is 1. The molecule has 0 aliphatic heterocycles. The number of anilines is 1. The first kappa shape index (κ1) is 15.2. The minimum absolute atomic E-state index is 0.0325. The summed E-state index contributed by atoms with van der Waals surface area (Å²) in [4.78, 5) is 23.3. The van der Waals surface area contributed by atoms with Crippen LogP contribution in [-0.2, 0) is 6.54 Å². The fourth-order valence-electron chi connectivity index (χ4n) is 1.79. The Hall–Kier alpha value is -2.18. The summed E-state index contributed by atoms with van der Waals surface area (Å²) < 4.78 is 0.682. The number of nitrogens with two attached hydrogens (primary N) is 1.